The van der Waals surface area contributed by atoms with Gasteiger partial charge in [0.15, 0.2) is 0 Å². The van der Waals surface area contributed by atoms with E-state index < -0.39 is 17.5 Å². The third-order valence-corrected chi connectivity index (χ3v) is 1.87. The molecule has 5 heteroatoms. The predicted molar refractivity (Wildman–Crippen MR) is 56.5 cm³/mol. The number of aromatic hydroxyl groups is 1. The van der Waals surface area contributed by atoms with Gasteiger partial charge in [0.2, 0.25) is 0 Å². The summed E-state index contributed by atoms with van der Waals surface area (Å²) in [6, 6.07) is 1.05. The smallest absolute Gasteiger partial charge is 0.342 e. The van der Waals surface area contributed by atoms with E-state index in [2.05, 4.69) is 4.42 Å². The Morgan fingerprint density at radius 2 is 2.19 bits per heavy atom. The van der Waals surface area contributed by atoms with Gasteiger partial charge in [-0.05, 0) is 12.3 Å². The summed E-state index contributed by atoms with van der Waals surface area (Å²) >= 11 is 0. The Balaban J connectivity index is 3.20. The van der Waals surface area contributed by atoms with Crippen molar-refractivity contribution in [1.29, 1.82) is 0 Å². The molecule has 0 unspecified atom stereocenters. The Labute approximate surface area is 92.7 Å². The number of carbonyl (C=O) groups is 1. The third-order valence-electron chi connectivity index (χ3n) is 1.87. The van der Waals surface area contributed by atoms with Crippen molar-refractivity contribution < 1.29 is 19.1 Å². The van der Waals surface area contributed by atoms with E-state index in [4.69, 9.17) is 4.74 Å². The van der Waals surface area contributed by atoms with E-state index in [1.165, 1.54) is 6.92 Å². The van der Waals surface area contributed by atoms with Gasteiger partial charge >= 0.3 is 11.6 Å². The standard InChI is InChI=1S/C11H14O5/c1-6(2)4-8-9(15-7(3)12)5-10(13)16-11(8)14/h5-6,14H,4H2,1-3H3. The van der Waals surface area contributed by atoms with E-state index >= 15 is 0 Å². The van der Waals surface area contributed by atoms with E-state index in [9.17, 15) is 14.7 Å². The average Bonchev–Trinajstić information content (AvgIpc) is 2.09. The van der Waals surface area contributed by atoms with E-state index in [0.717, 1.165) is 6.07 Å². The van der Waals surface area contributed by atoms with E-state index in [0.29, 0.717) is 12.0 Å². The van der Waals surface area contributed by atoms with Gasteiger partial charge in [-0.3, -0.25) is 4.79 Å². The lowest BCUT2D eigenvalue weighted by Gasteiger charge is -2.10. The highest BCUT2D eigenvalue weighted by molar-refractivity contribution is 5.69. The molecule has 0 aliphatic heterocycles. The Morgan fingerprint density at radius 3 is 2.69 bits per heavy atom. The maximum atomic E-state index is 11.0. The largest absolute Gasteiger partial charge is 0.480 e. The summed E-state index contributed by atoms with van der Waals surface area (Å²) in [7, 11) is 0. The Bertz CT molecular complexity index is 444. The molecule has 16 heavy (non-hydrogen) atoms. The minimum absolute atomic E-state index is 0.0648. The SMILES string of the molecule is CC(=O)Oc1cc(=O)oc(O)c1CC(C)C. The summed E-state index contributed by atoms with van der Waals surface area (Å²) in [6.45, 7) is 5.09. The lowest BCUT2D eigenvalue weighted by molar-refractivity contribution is -0.131. The normalized spacial score (nSPS) is 10.5. The highest BCUT2D eigenvalue weighted by atomic mass is 16.5. The minimum atomic E-state index is -0.749. The molecule has 0 saturated carbocycles. The van der Waals surface area contributed by atoms with Crippen LogP contribution in [0.25, 0.3) is 0 Å². The highest BCUT2D eigenvalue weighted by Gasteiger charge is 2.16. The van der Waals surface area contributed by atoms with Crippen molar-refractivity contribution in [2.45, 2.75) is 27.2 Å². The first-order valence-corrected chi connectivity index (χ1v) is 4.94. The van der Waals surface area contributed by atoms with Gasteiger partial charge in [-0.1, -0.05) is 13.8 Å². The van der Waals surface area contributed by atoms with Crippen molar-refractivity contribution in [2.24, 2.45) is 5.92 Å². The molecule has 0 atom stereocenters. The molecule has 1 aromatic heterocycles. The van der Waals surface area contributed by atoms with Gasteiger partial charge in [0.05, 0.1) is 11.6 Å². The van der Waals surface area contributed by atoms with Crippen molar-refractivity contribution in [3.63, 3.8) is 0 Å². The van der Waals surface area contributed by atoms with Crippen LogP contribution in [0.3, 0.4) is 0 Å². The fourth-order valence-corrected chi connectivity index (χ4v) is 1.33. The van der Waals surface area contributed by atoms with Gasteiger partial charge in [0.1, 0.15) is 5.75 Å². The molecule has 0 aromatic carbocycles. The van der Waals surface area contributed by atoms with Crippen molar-refractivity contribution in [2.75, 3.05) is 0 Å². The Hall–Kier alpha value is -1.78. The quantitative estimate of drug-likeness (QED) is 0.790. The topological polar surface area (TPSA) is 76.7 Å². The number of ether oxygens (including phenoxy) is 1. The fourth-order valence-electron chi connectivity index (χ4n) is 1.33. The van der Waals surface area contributed by atoms with Crippen LogP contribution in [0.2, 0.25) is 0 Å². The van der Waals surface area contributed by atoms with Crippen molar-refractivity contribution >= 4 is 5.97 Å². The van der Waals surface area contributed by atoms with Crippen LogP contribution in [0.4, 0.5) is 0 Å². The number of hydrogen-bond donors (Lipinski definition) is 1. The monoisotopic (exact) mass is 226 g/mol. The Kier molecular flexibility index (Phi) is 3.71. The zero-order valence-corrected chi connectivity index (χ0v) is 9.44. The second-order valence-electron chi connectivity index (χ2n) is 3.91. The number of esters is 1. The minimum Gasteiger partial charge on any atom is -0.480 e. The van der Waals surface area contributed by atoms with Crippen LogP contribution in [0, 0.1) is 5.92 Å². The molecule has 0 fully saturated rings. The fraction of sp³-hybridized carbons (Fsp3) is 0.455. The van der Waals surface area contributed by atoms with Gasteiger partial charge in [0.25, 0.3) is 5.95 Å². The second-order valence-corrected chi connectivity index (χ2v) is 3.91. The van der Waals surface area contributed by atoms with Crippen LogP contribution >= 0.6 is 0 Å². The lowest BCUT2D eigenvalue weighted by Crippen LogP contribution is -2.09. The molecule has 1 heterocycles. The molecule has 0 spiro atoms. The number of hydrogen-bond acceptors (Lipinski definition) is 5. The van der Waals surface area contributed by atoms with E-state index in [1.807, 2.05) is 13.8 Å². The lowest BCUT2D eigenvalue weighted by atomic mass is 10.0. The van der Waals surface area contributed by atoms with Gasteiger partial charge in [0, 0.05) is 6.92 Å². The third kappa shape index (κ3) is 3.12. The van der Waals surface area contributed by atoms with Gasteiger partial charge in [-0.25, -0.2) is 4.79 Å². The number of rotatable bonds is 3. The summed E-state index contributed by atoms with van der Waals surface area (Å²) in [6.07, 6.45) is 0.457. The molecular formula is C11H14O5. The molecule has 1 aromatic rings. The molecule has 1 rings (SSSR count). The maximum absolute atomic E-state index is 11.0. The summed E-state index contributed by atoms with van der Waals surface area (Å²) in [5, 5.41) is 9.48. The molecule has 5 nitrogen and oxygen atoms in total. The highest BCUT2D eigenvalue weighted by Crippen LogP contribution is 2.28. The van der Waals surface area contributed by atoms with Gasteiger partial charge in [-0.2, -0.15) is 0 Å². The van der Waals surface area contributed by atoms with Crippen LogP contribution in [0.15, 0.2) is 15.3 Å². The zero-order valence-electron chi connectivity index (χ0n) is 9.44. The molecule has 1 N–H and O–H groups in total. The summed E-state index contributed by atoms with van der Waals surface area (Å²) < 4.78 is 9.39. The molecular weight excluding hydrogens is 212 g/mol. The molecule has 0 aliphatic carbocycles. The van der Waals surface area contributed by atoms with E-state index in [-0.39, 0.29) is 11.7 Å². The number of carbonyl (C=O) groups excluding carboxylic acids is 1. The first kappa shape index (κ1) is 12.3. The molecule has 0 amide bonds. The second kappa shape index (κ2) is 4.83. The van der Waals surface area contributed by atoms with Crippen LogP contribution in [0.5, 0.6) is 11.7 Å². The molecule has 0 saturated heterocycles. The van der Waals surface area contributed by atoms with Crippen LogP contribution in [0.1, 0.15) is 26.3 Å². The molecule has 0 radical (unpaired) electrons. The summed E-state index contributed by atoms with van der Waals surface area (Å²) in [4.78, 5) is 21.8. The van der Waals surface area contributed by atoms with Gasteiger partial charge < -0.3 is 14.3 Å². The molecule has 0 bridgehead atoms. The average molecular weight is 226 g/mol. The maximum Gasteiger partial charge on any atom is 0.342 e. The predicted octanol–water partition coefficient (Wildman–Crippen LogP) is 1.47. The van der Waals surface area contributed by atoms with Crippen molar-refractivity contribution in [1.82, 2.24) is 0 Å². The van der Waals surface area contributed by atoms with E-state index in [1.54, 1.807) is 0 Å². The van der Waals surface area contributed by atoms with Gasteiger partial charge in [-0.15, -0.1) is 0 Å². The zero-order chi connectivity index (χ0) is 12.3. The summed E-state index contributed by atoms with van der Waals surface area (Å²) in [5.74, 6) is -0.740. The van der Waals surface area contributed by atoms with Crippen LogP contribution in [-0.4, -0.2) is 11.1 Å². The van der Waals surface area contributed by atoms with Crippen LogP contribution in [-0.2, 0) is 11.2 Å². The first-order chi connectivity index (χ1) is 7.40. The van der Waals surface area contributed by atoms with Crippen molar-refractivity contribution in [3.8, 4) is 11.7 Å². The molecule has 88 valence electrons. The van der Waals surface area contributed by atoms with Crippen molar-refractivity contribution in [3.05, 3.63) is 22.0 Å². The Morgan fingerprint density at radius 1 is 1.56 bits per heavy atom. The van der Waals surface area contributed by atoms with Crippen LogP contribution < -0.4 is 10.4 Å². The molecule has 0 aliphatic rings. The summed E-state index contributed by atoms with van der Waals surface area (Å²) in [5.41, 5.74) is -0.411. The first-order valence-electron chi connectivity index (χ1n) is 4.94.